The summed E-state index contributed by atoms with van der Waals surface area (Å²) in [5, 5.41) is 0.713. The van der Waals surface area contributed by atoms with Gasteiger partial charge in [-0.25, -0.2) is 0 Å². The van der Waals surface area contributed by atoms with E-state index in [0.717, 1.165) is 36.3 Å². The Morgan fingerprint density at radius 1 is 0.964 bits per heavy atom. The quantitative estimate of drug-likeness (QED) is 0.431. The van der Waals surface area contributed by atoms with Gasteiger partial charge < -0.3 is 9.64 Å². The lowest BCUT2D eigenvalue weighted by atomic mass is 9.99. The van der Waals surface area contributed by atoms with Gasteiger partial charge in [0, 0.05) is 35.0 Å². The van der Waals surface area contributed by atoms with E-state index in [1.807, 2.05) is 66.6 Å². The number of hydrogen-bond donors (Lipinski definition) is 0. The highest BCUT2D eigenvalue weighted by molar-refractivity contribution is 7.99. The van der Waals surface area contributed by atoms with Crippen LogP contribution >= 0.6 is 23.4 Å². The largest absolute Gasteiger partial charge is 0.457 e. The molecule has 0 atom stereocenters. The molecular formula is C23H23ClN2OS. The number of pyridine rings is 1. The molecule has 2 heterocycles. The third kappa shape index (κ3) is 5.21. The number of ether oxygens (including phenoxy) is 1. The van der Waals surface area contributed by atoms with Crippen LogP contribution in [0.3, 0.4) is 0 Å². The molecule has 1 aromatic heterocycles. The highest BCUT2D eigenvalue weighted by Gasteiger charge is 2.19. The van der Waals surface area contributed by atoms with Crippen molar-refractivity contribution in [3.05, 3.63) is 78.1 Å². The van der Waals surface area contributed by atoms with Gasteiger partial charge in [-0.1, -0.05) is 11.6 Å². The summed E-state index contributed by atoms with van der Waals surface area (Å²) < 4.78 is 5.86. The number of piperidine rings is 1. The van der Waals surface area contributed by atoms with Gasteiger partial charge >= 0.3 is 0 Å². The molecule has 3 nitrogen and oxygen atoms in total. The fraction of sp³-hybridized carbons (Fsp3) is 0.261. The van der Waals surface area contributed by atoms with Crippen molar-refractivity contribution in [3.63, 3.8) is 0 Å². The summed E-state index contributed by atoms with van der Waals surface area (Å²) in [5.41, 5.74) is 1.24. The van der Waals surface area contributed by atoms with Crippen molar-refractivity contribution in [1.29, 1.82) is 0 Å². The van der Waals surface area contributed by atoms with Gasteiger partial charge in [0.2, 0.25) is 0 Å². The van der Waals surface area contributed by atoms with E-state index >= 15 is 0 Å². The number of thioether (sulfide) groups is 1. The molecule has 1 saturated heterocycles. The Kier molecular flexibility index (Phi) is 6.40. The first-order valence-electron chi connectivity index (χ1n) is 9.57. The zero-order valence-electron chi connectivity index (χ0n) is 15.6. The van der Waals surface area contributed by atoms with Crippen LogP contribution in [0, 0.1) is 5.92 Å². The first kappa shape index (κ1) is 19.2. The molecule has 0 spiro atoms. The molecule has 28 heavy (non-hydrogen) atoms. The van der Waals surface area contributed by atoms with E-state index in [9.17, 15) is 0 Å². The second-order valence-electron chi connectivity index (χ2n) is 6.98. The minimum absolute atomic E-state index is 0.713. The van der Waals surface area contributed by atoms with E-state index in [0.29, 0.717) is 5.02 Å². The summed E-state index contributed by atoms with van der Waals surface area (Å²) in [7, 11) is 0. The molecule has 1 fully saturated rings. The first-order valence-corrected chi connectivity index (χ1v) is 10.9. The van der Waals surface area contributed by atoms with Crippen LogP contribution in [0.4, 0.5) is 5.69 Å². The monoisotopic (exact) mass is 410 g/mol. The van der Waals surface area contributed by atoms with E-state index in [4.69, 9.17) is 16.3 Å². The van der Waals surface area contributed by atoms with E-state index < -0.39 is 0 Å². The average molecular weight is 411 g/mol. The van der Waals surface area contributed by atoms with Crippen molar-refractivity contribution in [2.24, 2.45) is 5.92 Å². The molecule has 0 saturated carbocycles. The summed E-state index contributed by atoms with van der Waals surface area (Å²) >= 11 is 7.85. The minimum Gasteiger partial charge on any atom is -0.457 e. The maximum absolute atomic E-state index is 5.91. The van der Waals surface area contributed by atoms with E-state index in [1.54, 1.807) is 0 Å². The Bertz CT molecular complexity index is 863. The molecule has 1 aliphatic rings. The molecule has 0 aliphatic carbocycles. The molecule has 2 aromatic carbocycles. The Balaban J connectivity index is 1.24. The van der Waals surface area contributed by atoms with Crippen LogP contribution in [0.5, 0.6) is 11.5 Å². The lowest BCUT2D eigenvalue weighted by molar-refractivity contribution is 0.445. The summed E-state index contributed by atoms with van der Waals surface area (Å²) in [6.07, 6.45) is 6.26. The van der Waals surface area contributed by atoms with Crippen LogP contribution in [0.2, 0.25) is 5.02 Å². The summed E-state index contributed by atoms with van der Waals surface area (Å²) in [4.78, 5) is 7.96. The number of benzene rings is 2. The molecule has 0 bridgehead atoms. The van der Waals surface area contributed by atoms with E-state index in [-0.39, 0.29) is 0 Å². The van der Waals surface area contributed by atoms with Gasteiger partial charge in [0.1, 0.15) is 11.5 Å². The Morgan fingerprint density at radius 2 is 1.64 bits per heavy atom. The molecule has 144 valence electrons. The molecule has 0 unspecified atom stereocenters. The van der Waals surface area contributed by atoms with Gasteiger partial charge in [-0.2, -0.15) is 0 Å². The topological polar surface area (TPSA) is 25.4 Å². The summed E-state index contributed by atoms with van der Waals surface area (Å²) in [5.74, 6) is 3.57. The highest BCUT2D eigenvalue weighted by atomic mass is 35.5. The number of aromatic nitrogens is 1. The molecular weight excluding hydrogens is 388 g/mol. The standard InChI is InChI=1S/C23H23ClN2OS/c24-19-3-5-21(6-4-19)27-22-7-9-23(10-8-22)28-17-18-11-14-26(15-12-18)20-2-1-13-25-16-20/h1-10,13,16,18H,11-12,14-15,17H2. The number of nitrogens with zero attached hydrogens (tertiary/aromatic N) is 2. The molecule has 1 aliphatic heterocycles. The van der Waals surface area contributed by atoms with Gasteiger partial charge in [-0.15, -0.1) is 11.8 Å². The van der Waals surface area contributed by atoms with Crippen molar-refractivity contribution < 1.29 is 4.74 Å². The number of anilines is 1. The number of halogens is 1. The van der Waals surface area contributed by atoms with Gasteiger partial charge in [0.15, 0.2) is 0 Å². The van der Waals surface area contributed by atoms with Crippen LogP contribution in [0.25, 0.3) is 0 Å². The Hall–Kier alpha value is -2.17. The van der Waals surface area contributed by atoms with Gasteiger partial charge in [-0.05, 0) is 79.4 Å². The van der Waals surface area contributed by atoms with Crippen LogP contribution in [-0.2, 0) is 0 Å². The van der Waals surface area contributed by atoms with Crippen molar-refractivity contribution >= 4 is 29.1 Å². The smallest absolute Gasteiger partial charge is 0.127 e. The Labute approximate surface area is 175 Å². The SMILES string of the molecule is Clc1ccc(Oc2ccc(SCC3CCN(c4cccnc4)CC3)cc2)cc1. The first-order chi connectivity index (χ1) is 13.8. The fourth-order valence-corrected chi connectivity index (χ4v) is 4.57. The van der Waals surface area contributed by atoms with E-state index in [2.05, 4.69) is 28.1 Å². The van der Waals surface area contributed by atoms with Crippen molar-refractivity contribution in [3.8, 4) is 11.5 Å². The summed E-state index contributed by atoms with van der Waals surface area (Å²) in [6.45, 7) is 2.23. The molecule has 0 N–H and O–H groups in total. The molecule has 3 aromatic rings. The second kappa shape index (κ2) is 9.35. The number of rotatable bonds is 6. The van der Waals surface area contributed by atoms with Crippen LogP contribution in [-0.4, -0.2) is 23.8 Å². The Morgan fingerprint density at radius 3 is 2.29 bits per heavy atom. The fourth-order valence-electron chi connectivity index (χ4n) is 3.36. The molecule has 4 rings (SSSR count). The second-order valence-corrected chi connectivity index (χ2v) is 8.51. The lowest BCUT2D eigenvalue weighted by Gasteiger charge is -2.33. The molecule has 5 heteroatoms. The van der Waals surface area contributed by atoms with Crippen molar-refractivity contribution in [2.45, 2.75) is 17.7 Å². The average Bonchev–Trinajstić information content (AvgIpc) is 2.76. The maximum Gasteiger partial charge on any atom is 0.127 e. The predicted molar refractivity (Wildman–Crippen MR) is 118 cm³/mol. The highest BCUT2D eigenvalue weighted by Crippen LogP contribution is 2.30. The normalized spacial score (nSPS) is 14.8. The van der Waals surface area contributed by atoms with Crippen LogP contribution in [0.15, 0.2) is 78.0 Å². The van der Waals surface area contributed by atoms with Gasteiger partial charge in [0.05, 0.1) is 11.9 Å². The van der Waals surface area contributed by atoms with Crippen molar-refractivity contribution in [1.82, 2.24) is 4.98 Å². The lowest BCUT2D eigenvalue weighted by Crippen LogP contribution is -2.34. The number of hydrogen-bond acceptors (Lipinski definition) is 4. The minimum atomic E-state index is 0.713. The van der Waals surface area contributed by atoms with Gasteiger partial charge in [0.25, 0.3) is 0 Å². The third-order valence-electron chi connectivity index (χ3n) is 4.98. The summed E-state index contributed by atoms with van der Waals surface area (Å²) in [6, 6.07) is 19.9. The van der Waals surface area contributed by atoms with Crippen molar-refractivity contribution in [2.75, 3.05) is 23.7 Å². The predicted octanol–water partition coefficient (Wildman–Crippen LogP) is 6.54. The maximum atomic E-state index is 5.91. The van der Waals surface area contributed by atoms with Crippen LogP contribution < -0.4 is 9.64 Å². The molecule has 0 radical (unpaired) electrons. The zero-order chi connectivity index (χ0) is 19.2. The zero-order valence-corrected chi connectivity index (χ0v) is 17.2. The molecule has 0 amide bonds. The van der Waals surface area contributed by atoms with Crippen LogP contribution in [0.1, 0.15) is 12.8 Å². The van der Waals surface area contributed by atoms with E-state index in [1.165, 1.54) is 23.4 Å². The third-order valence-corrected chi connectivity index (χ3v) is 6.48. The van der Waals surface area contributed by atoms with Gasteiger partial charge in [-0.3, -0.25) is 4.98 Å².